The average Bonchev–Trinajstić information content (AvgIpc) is 2.51. The fourth-order valence-corrected chi connectivity index (χ4v) is 3.07. The number of piperidine rings is 1. The fraction of sp³-hybridized carbons (Fsp3) is 0.647. The number of benzene rings is 1. The lowest BCUT2D eigenvalue weighted by Gasteiger charge is -2.39. The zero-order valence-corrected chi connectivity index (χ0v) is 13.5. The third-order valence-electron chi connectivity index (χ3n) is 4.70. The van der Waals surface area contributed by atoms with Gasteiger partial charge in [-0.1, -0.05) is 13.0 Å². The molecule has 0 radical (unpaired) electrons. The Kier molecular flexibility index (Phi) is 5.48. The molecule has 3 atom stereocenters. The Hall–Kier alpha value is -1.26. The molecular formula is C17H27NO3. The minimum Gasteiger partial charge on any atom is -0.493 e. The third kappa shape index (κ3) is 3.69. The van der Waals surface area contributed by atoms with E-state index in [-0.39, 0.29) is 0 Å². The summed E-state index contributed by atoms with van der Waals surface area (Å²) in [4.78, 5) is 2.38. The van der Waals surface area contributed by atoms with Crippen molar-refractivity contribution in [2.45, 2.75) is 38.8 Å². The number of rotatable bonds is 5. The van der Waals surface area contributed by atoms with E-state index in [1.807, 2.05) is 18.2 Å². The highest BCUT2D eigenvalue weighted by molar-refractivity contribution is 5.43. The largest absolute Gasteiger partial charge is 0.493 e. The summed E-state index contributed by atoms with van der Waals surface area (Å²) in [7, 11) is 3.23. The minimum atomic E-state index is -0.502. The summed E-state index contributed by atoms with van der Waals surface area (Å²) >= 11 is 0. The van der Waals surface area contributed by atoms with Gasteiger partial charge in [0, 0.05) is 12.6 Å². The van der Waals surface area contributed by atoms with Gasteiger partial charge in [0.15, 0.2) is 11.5 Å². The van der Waals surface area contributed by atoms with E-state index in [1.165, 1.54) is 12.8 Å². The fourth-order valence-electron chi connectivity index (χ4n) is 3.07. The summed E-state index contributed by atoms with van der Waals surface area (Å²) in [6.45, 7) is 6.28. The van der Waals surface area contributed by atoms with E-state index in [4.69, 9.17) is 9.47 Å². The molecule has 1 aliphatic rings. The van der Waals surface area contributed by atoms with Crippen LogP contribution >= 0.6 is 0 Å². The predicted molar refractivity (Wildman–Crippen MR) is 83.9 cm³/mol. The van der Waals surface area contributed by atoms with E-state index in [2.05, 4.69) is 18.7 Å². The summed E-state index contributed by atoms with van der Waals surface area (Å²) in [6.07, 6.45) is 1.99. The zero-order valence-electron chi connectivity index (χ0n) is 13.5. The Labute approximate surface area is 127 Å². The molecule has 0 saturated carbocycles. The standard InChI is InChI=1S/C17H27NO3/c1-12-6-5-9-18(13(12)2)11-15(19)14-7-8-16(20-3)17(10-14)21-4/h7-8,10,12-13,15,19H,5-6,9,11H2,1-4H3. The first kappa shape index (κ1) is 16.1. The number of methoxy groups -OCH3 is 2. The molecule has 4 heteroatoms. The molecule has 1 fully saturated rings. The first-order chi connectivity index (χ1) is 10.1. The predicted octanol–water partition coefficient (Wildman–Crippen LogP) is 2.86. The zero-order chi connectivity index (χ0) is 15.4. The van der Waals surface area contributed by atoms with Crippen LogP contribution in [0.25, 0.3) is 0 Å². The summed E-state index contributed by atoms with van der Waals surface area (Å²) in [5.41, 5.74) is 0.873. The van der Waals surface area contributed by atoms with Gasteiger partial charge in [-0.25, -0.2) is 0 Å². The van der Waals surface area contributed by atoms with Gasteiger partial charge in [0.25, 0.3) is 0 Å². The molecule has 118 valence electrons. The van der Waals surface area contributed by atoms with E-state index in [1.54, 1.807) is 14.2 Å². The molecular weight excluding hydrogens is 266 g/mol. The summed E-state index contributed by atoms with van der Waals surface area (Å²) in [6, 6.07) is 6.14. The van der Waals surface area contributed by atoms with Crippen LogP contribution in [-0.4, -0.2) is 43.4 Å². The highest BCUT2D eigenvalue weighted by atomic mass is 16.5. The number of likely N-dealkylation sites (tertiary alicyclic amines) is 1. The second-order valence-corrected chi connectivity index (χ2v) is 5.99. The molecule has 0 aliphatic carbocycles. The second kappa shape index (κ2) is 7.14. The van der Waals surface area contributed by atoms with Crippen molar-refractivity contribution >= 4 is 0 Å². The van der Waals surface area contributed by atoms with Crippen LogP contribution < -0.4 is 9.47 Å². The molecule has 1 saturated heterocycles. The van der Waals surface area contributed by atoms with Crippen LogP contribution in [0.3, 0.4) is 0 Å². The normalized spacial score (nSPS) is 24.6. The number of hydrogen-bond donors (Lipinski definition) is 1. The van der Waals surface area contributed by atoms with Gasteiger partial charge < -0.3 is 14.6 Å². The SMILES string of the molecule is COc1ccc(C(O)CN2CCCC(C)C2C)cc1OC. The van der Waals surface area contributed by atoms with E-state index >= 15 is 0 Å². The molecule has 1 N–H and O–H groups in total. The summed E-state index contributed by atoms with van der Waals surface area (Å²) in [5, 5.41) is 10.5. The first-order valence-electron chi connectivity index (χ1n) is 7.70. The molecule has 1 aliphatic heterocycles. The van der Waals surface area contributed by atoms with Crippen molar-refractivity contribution in [3.8, 4) is 11.5 Å². The van der Waals surface area contributed by atoms with Crippen molar-refractivity contribution in [3.05, 3.63) is 23.8 Å². The third-order valence-corrected chi connectivity index (χ3v) is 4.70. The molecule has 0 spiro atoms. The molecule has 1 aromatic carbocycles. The Morgan fingerprint density at radius 3 is 2.62 bits per heavy atom. The van der Waals surface area contributed by atoms with Crippen molar-refractivity contribution in [3.63, 3.8) is 0 Å². The van der Waals surface area contributed by atoms with E-state index in [0.29, 0.717) is 30.0 Å². The van der Waals surface area contributed by atoms with Gasteiger partial charge in [-0.2, -0.15) is 0 Å². The number of ether oxygens (including phenoxy) is 2. The van der Waals surface area contributed by atoms with Gasteiger partial charge in [0.2, 0.25) is 0 Å². The van der Waals surface area contributed by atoms with Crippen LogP contribution in [0.4, 0.5) is 0 Å². The summed E-state index contributed by atoms with van der Waals surface area (Å²) < 4.78 is 10.5. The van der Waals surface area contributed by atoms with Gasteiger partial charge in [-0.3, -0.25) is 4.90 Å². The molecule has 21 heavy (non-hydrogen) atoms. The van der Waals surface area contributed by atoms with Gasteiger partial charge in [0.1, 0.15) is 0 Å². The van der Waals surface area contributed by atoms with Crippen molar-refractivity contribution < 1.29 is 14.6 Å². The lowest BCUT2D eigenvalue weighted by molar-refractivity contribution is 0.0512. The van der Waals surface area contributed by atoms with Crippen molar-refractivity contribution in [1.82, 2.24) is 4.90 Å². The molecule has 3 unspecified atom stereocenters. The van der Waals surface area contributed by atoms with Crippen LogP contribution in [0, 0.1) is 5.92 Å². The maximum absolute atomic E-state index is 10.5. The summed E-state index contributed by atoms with van der Waals surface area (Å²) in [5.74, 6) is 2.04. The molecule has 1 heterocycles. The van der Waals surface area contributed by atoms with Crippen molar-refractivity contribution in [2.24, 2.45) is 5.92 Å². The number of β-amino-alcohol motifs (C(OH)–C–C–N with tert-alkyl or cyclic N) is 1. The van der Waals surface area contributed by atoms with Gasteiger partial charge in [-0.05, 0) is 49.9 Å². The lowest BCUT2D eigenvalue weighted by Crippen LogP contribution is -2.44. The second-order valence-electron chi connectivity index (χ2n) is 5.99. The number of aliphatic hydroxyl groups is 1. The van der Waals surface area contributed by atoms with Crippen LogP contribution in [-0.2, 0) is 0 Å². The quantitative estimate of drug-likeness (QED) is 0.906. The highest BCUT2D eigenvalue weighted by Crippen LogP contribution is 2.31. The van der Waals surface area contributed by atoms with Crippen molar-refractivity contribution in [1.29, 1.82) is 0 Å². The van der Waals surface area contributed by atoms with E-state index in [0.717, 1.165) is 12.1 Å². The monoisotopic (exact) mass is 293 g/mol. The Balaban J connectivity index is 2.07. The van der Waals surface area contributed by atoms with Crippen LogP contribution in [0.5, 0.6) is 11.5 Å². The smallest absolute Gasteiger partial charge is 0.161 e. The van der Waals surface area contributed by atoms with Crippen LogP contribution in [0.2, 0.25) is 0 Å². The Morgan fingerprint density at radius 1 is 1.24 bits per heavy atom. The van der Waals surface area contributed by atoms with Crippen LogP contribution in [0.1, 0.15) is 38.4 Å². The van der Waals surface area contributed by atoms with Crippen molar-refractivity contribution in [2.75, 3.05) is 27.3 Å². The van der Waals surface area contributed by atoms with Crippen LogP contribution in [0.15, 0.2) is 18.2 Å². The Bertz CT molecular complexity index is 463. The first-order valence-corrected chi connectivity index (χ1v) is 7.70. The topological polar surface area (TPSA) is 41.9 Å². The number of hydrogen-bond acceptors (Lipinski definition) is 4. The highest BCUT2D eigenvalue weighted by Gasteiger charge is 2.26. The minimum absolute atomic E-state index is 0.502. The number of nitrogens with zero attached hydrogens (tertiary/aromatic N) is 1. The molecule has 0 bridgehead atoms. The van der Waals surface area contributed by atoms with E-state index in [9.17, 15) is 5.11 Å². The molecule has 2 rings (SSSR count). The molecule has 0 aromatic heterocycles. The van der Waals surface area contributed by atoms with E-state index < -0.39 is 6.10 Å². The van der Waals surface area contributed by atoms with Gasteiger partial charge in [0.05, 0.1) is 20.3 Å². The Morgan fingerprint density at radius 2 is 1.95 bits per heavy atom. The maximum atomic E-state index is 10.5. The average molecular weight is 293 g/mol. The van der Waals surface area contributed by atoms with Gasteiger partial charge in [-0.15, -0.1) is 0 Å². The molecule has 0 amide bonds. The number of aliphatic hydroxyl groups excluding tert-OH is 1. The lowest BCUT2D eigenvalue weighted by atomic mass is 9.91. The maximum Gasteiger partial charge on any atom is 0.161 e. The molecule has 4 nitrogen and oxygen atoms in total. The molecule has 1 aromatic rings. The van der Waals surface area contributed by atoms with Gasteiger partial charge >= 0.3 is 0 Å².